The van der Waals surface area contributed by atoms with Gasteiger partial charge in [-0.25, -0.2) is 4.98 Å². The van der Waals surface area contributed by atoms with Gasteiger partial charge in [-0.1, -0.05) is 48.5 Å². The van der Waals surface area contributed by atoms with E-state index in [0.29, 0.717) is 5.75 Å². The van der Waals surface area contributed by atoms with Crippen LogP contribution in [0.5, 0.6) is 11.5 Å². The third-order valence-electron chi connectivity index (χ3n) is 6.82. The molecule has 0 atom stereocenters. The van der Waals surface area contributed by atoms with Crippen molar-refractivity contribution in [2.45, 2.75) is 0 Å². The average Bonchev–Trinajstić information content (AvgIpc) is 3.57. The Morgan fingerprint density at radius 3 is 2.38 bits per heavy atom. The molecule has 0 fully saturated rings. The number of nitrogens with zero attached hydrogens (tertiary/aromatic N) is 4. The molecule has 0 bridgehead atoms. The molecule has 0 radical (unpaired) electrons. The minimum absolute atomic E-state index is 0.709. The fourth-order valence-electron chi connectivity index (χ4n) is 5.08. The molecule has 39 heavy (non-hydrogen) atoms. The van der Waals surface area contributed by atoms with Gasteiger partial charge in [-0.2, -0.15) is 0 Å². The maximum absolute atomic E-state index is 6.50. The van der Waals surface area contributed by atoms with E-state index in [9.17, 15) is 0 Å². The van der Waals surface area contributed by atoms with Gasteiger partial charge in [0.1, 0.15) is 28.5 Å². The lowest BCUT2D eigenvalue weighted by Crippen LogP contribution is -2.21. The van der Waals surface area contributed by atoms with Crippen LogP contribution in [-0.2, 0) is 0 Å². The predicted octanol–water partition coefficient (Wildman–Crippen LogP) is 8.42. The molecule has 0 amide bonds. The summed E-state index contributed by atoms with van der Waals surface area (Å²) in [5.74, 6) is 2.26. The molecule has 6 heteroatoms. The van der Waals surface area contributed by atoms with Gasteiger partial charge in [0.25, 0.3) is 0 Å². The first-order chi connectivity index (χ1) is 19.2. The van der Waals surface area contributed by atoms with E-state index in [4.69, 9.17) is 9.15 Å². The standard InChI is InChI=1S/C33H26N4O2/c1-35-18-19-36(23-35)29-21-27(22-31-33(29)28-14-5-6-15-30(28)39-31)38-26-13-9-12-25(20-26)37(24-10-3-2-4-11-24)32-16-7-8-17-34-32/h2-22H,23H2,1H3. The Hall–Kier alpha value is -5.23. The first-order valence-electron chi connectivity index (χ1n) is 12.9. The number of pyridine rings is 1. The summed E-state index contributed by atoms with van der Waals surface area (Å²) >= 11 is 0. The van der Waals surface area contributed by atoms with Crippen LogP contribution in [0.25, 0.3) is 21.9 Å². The van der Waals surface area contributed by atoms with Gasteiger partial charge in [0.05, 0.1) is 23.4 Å². The van der Waals surface area contributed by atoms with Crippen molar-refractivity contribution < 1.29 is 9.15 Å². The lowest BCUT2D eigenvalue weighted by atomic mass is 10.1. The Kier molecular flexibility index (Phi) is 5.63. The van der Waals surface area contributed by atoms with Crippen molar-refractivity contribution >= 4 is 44.8 Å². The van der Waals surface area contributed by atoms with E-state index in [0.717, 1.165) is 57.2 Å². The number of ether oxygens (including phenoxy) is 1. The predicted molar refractivity (Wildman–Crippen MR) is 157 cm³/mol. The van der Waals surface area contributed by atoms with Gasteiger partial charge >= 0.3 is 0 Å². The van der Waals surface area contributed by atoms with Gasteiger partial charge in [0, 0.05) is 54.9 Å². The Balaban J connectivity index is 1.30. The van der Waals surface area contributed by atoms with E-state index in [1.165, 1.54) is 0 Å². The molecule has 190 valence electrons. The summed E-state index contributed by atoms with van der Waals surface area (Å²) in [6.45, 7) is 0.754. The van der Waals surface area contributed by atoms with Crippen LogP contribution in [0.2, 0.25) is 0 Å². The van der Waals surface area contributed by atoms with E-state index < -0.39 is 0 Å². The molecule has 0 saturated carbocycles. The maximum Gasteiger partial charge on any atom is 0.141 e. The fourth-order valence-corrected chi connectivity index (χ4v) is 5.08. The highest BCUT2D eigenvalue weighted by atomic mass is 16.5. The van der Waals surface area contributed by atoms with E-state index in [1.807, 2.05) is 78.9 Å². The molecule has 1 aliphatic heterocycles. The van der Waals surface area contributed by atoms with Gasteiger partial charge in [-0.15, -0.1) is 0 Å². The summed E-state index contributed by atoms with van der Waals surface area (Å²) in [6, 6.07) is 36.4. The van der Waals surface area contributed by atoms with Gasteiger partial charge in [-0.05, 0) is 42.5 Å². The monoisotopic (exact) mass is 510 g/mol. The second-order valence-electron chi connectivity index (χ2n) is 9.54. The second-order valence-corrected chi connectivity index (χ2v) is 9.54. The fraction of sp³-hybridized carbons (Fsp3) is 0.0606. The summed E-state index contributed by atoms with van der Waals surface area (Å²) in [4.78, 5) is 11.1. The van der Waals surface area contributed by atoms with E-state index in [2.05, 4.69) is 69.5 Å². The normalized spacial score (nSPS) is 12.9. The summed E-state index contributed by atoms with van der Waals surface area (Å²) < 4.78 is 12.8. The van der Waals surface area contributed by atoms with Crippen molar-refractivity contribution in [1.29, 1.82) is 0 Å². The summed E-state index contributed by atoms with van der Waals surface area (Å²) in [5, 5.41) is 2.17. The van der Waals surface area contributed by atoms with Crippen LogP contribution < -0.4 is 14.5 Å². The Morgan fingerprint density at radius 2 is 1.56 bits per heavy atom. The van der Waals surface area contributed by atoms with Gasteiger partial charge in [0.15, 0.2) is 0 Å². The molecule has 3 heterocycles. The minimum atomic E-state index is 0.709. The largest absolute Gasteiger partial charge is 0.457 e. The quantitative estimate of drug-likeness (QED) is 0.224. The number of furan rings is 1. The first-order valence-corrected chi connectivity index (χ1v) is 12.9. The number of anilines is 4. The lowest BCUT2D eigenvalue weighted by molar-refractivity contribution is 0.480. The molecule has 0 aliphatic carbocycles. The lowest BCUT2D eigenvalue weighted by Gasteiger charge is -2.24. The first kappa shape index (κ1) is 22.9. The van der Waals surface area contributed by atoms with Crippen molar-refractivity contribution in [2.75, 3.05) is 23.5 Å². The highest BCUT2D eigenvalue weighted by molar-refractivity contribution is 6.12. The molecule has 0 unspecified atom stereocenters. The van der Waals surface area contributed by atoms with Crippen LogP contribution >= 0.6 is 0 Å². The zero-order valence-electron chi connectivity index (χ0n) is 21.4. The highest BCUT2D eigenvalue weighted by Gasteiger charge is 2.20. The van der Waals surface area contributed by atoms with E-state index in [-0.39, 0.29) is 0 Å². The number of hydrogen-bond acceptors (Lipinski definition) is 6. The molecular formula is C33H26N4O2. The number of aromatic nitrogens is 1. The molecule has 2 aromatic heterocycles. The van der Waals surface area contributed by atoms with Crippen molar-refractivity contribution in [2.24, 2.45) is 0 Å². The Morgan fingerprint density at radius 1 is 0.744 bits per heavy atom. The third-order valence-corrected chi connectivity index (χ3v) is 6.82. The number of benzene rings is 4. The van der Waals surface area contributed by atoms with E-state index >= 15 is 0 Å². The molecule has 6 nitrogen and oxygen atoms in total. The van der Waals surface area contributed by atoms with Crippen molar-refractivity contribution in [3.63, 3.8) is 0 Å². The van der Waals surface area contributed by atoms with Crippen LogP contribution in [0, 0.1) is 0 Å². The summed E-state index contributed by atoms with van der Waals surface area (Å²) in [6.07, 6.45) is 5.96. The third kappa shape index (κ3) is 4.32. The molecule has 1 aliphatic rings. The van der Waals surface area contributed by atoms with Crippen molar-refractivity contribution in [3.05, 3.63) is 128 Å². The minimum Gasteiger partial charge on any atom is -0.457 e. The van der Waals surface area contributed by atoms with Crippen molar-refractivity contribution in [3.8, 4) is 11.5 Å². The Labute approximate surface area is 226 Å². The summed E-state index contributed by atoms with van der Waals surface area (Å²) in [7, 11) is 2.06. The molecule has 6 aromatic rings. The van der Waals surface area contributed by atoms with Gasteiger partial charge < -0.3 is 19.0 Å². The maximum atomic E-state index is 6.50. The van der Waals surface area contributed by atoms with Crippen LogP contribution in [0.15, 0.2) is 132 Å². The second kappa shape index (κ2) is 9.58. The number of hydrogen-bond donors (Lipinski definition) is 0. The molecule has 0 spiro atoms. The molecule has 0 saturated heterocycles. The van der Waals surface area contributed by atoms with Crippen LogP contribution in [0.1, 0.15) is 0 Å². The van der Waals surface area contributed by atoms with Crippen LogP contribution in [0.4, 0.5) is 22.9 Å². The number of rotatable bonds is 6. The van der Waals surface area contributed by atoms with Crippen molar-refractivity contribution in [1.82, 2.24) is 9.88 Å². The van der Waals surface area contributed by atoms with Crippen LogP contribution in [0.3, 0.4) is 0 Å². The van der Waals surface area contributed by atoms with E-state index in [1.54, 1.807) is 6.20 Å². The topological polar surface area (TPSA) is 45.0 Å². The molecule has 0 N–H and O–H groups in total. The zero-order chi connectivity index (χ0) is 26.2. The van der Waals surface area contributed by atoms with Gasteiger partial charge in [0.2, 0.25) is 0 Å². The molecule has 7 rings (SSSR count). The SMILES string of the molecule is CN1C=CN(c2cc(Oc3cccc(N(c4ccccc4)c4ccccn4)c3)cc3oc4ccccc4c23)C1. The number of para-hydroxylation sites is 2. The zero-order valence-corrected chi connectivity index (χ0v) is 21.4. The summed E-state index contributed by atoms with van der Waals surface area (Å²) in [5.41, 5.74) is 4.67. The average molecular weight is 511 g/mol. The molecule has 4 aromatic carbocycles. The van der Waals surface area contributed by atoms with Crippen LogP contribution in [-0.4, -0.2) is 23.6 Å². The highest BCUT2D eigenvalue weighted by Crippen LogP contribution is 2.42. The van der Waals surface area contributed by atoms with Gasteiger partial charge in [-0.3, -0.25) is 4.90 Å². The number of fused-ring (bicyclic) bond motifs is 3. The smallest absolute Gasteiger partial charge is 0.141 e. The molecular weight excluding hydrogens is 484 g/mol. The Bertz CT molecular complexity index is 1760.